The van der Waals surface area contributed by atoms with Crippen molar-refractivity contribution in [2.24, 2.45) is 0 Å². The first kappa shape index (κ1) is 14.2. The summed E-state index contributed by atoms with van der Waals surface area (Å²) in [5.41, 5.74) is -0.737. The number of nitro groups is 1. The summed E-state index contributed by atoms with van der Waals surface area (Å²) in [5, 5.41) is 13.9. The van der Waals surface area contributed by atoms with Crippen molar-refractivity contribution >= 4 is 11.4 Å². The third-order valence-corrected chi connectivity index (χ3v) is 4.39. The standard InChI is InChI=1S/C14H17F2N3O2/c15-9-6-12(16)14(19(20)21)13(7-9)17-10-3-5-18-4-1-2-11(18)8-10/h6-7,10-11,17H,1-5,8H2. The number of rotatable bonds is 3. The molecule has 0 amide bonds. The largest absolute Gasteiger partial charge is 0.376 e. The van der Waals surface area contributed by atoms with Crippen LogP contribution in [-0.4, -0.2) is 35.0 Å². The molecule has 1 aromatic rings. The van der Waals surface area contributed by atoms with Gasteiger partial charge in [0.1, 0.15) is 11.5 Å². The molecule has 0 bridgehead atoms. The lowest BCUT2D eigenvalue weighted by Gasteiger charge is -2.35. The van der Waals surface area contributed by atoms with Gasteiger partial charge in [0.15, 0.2) is 0 Å². The van der Waals surface area contributed by atoms with Gasteiger partial charge in [-0.3, -0.25) is 10.1 Å². The summed E-state index contributed by atoms with van der Waals surface area (Å²) in [6, 6.07) is 2.04. The molecule has 21 heavy (non-hydrogen) atoms. The Morgan fingerprint density at radius 1 is 1.29 bits per heavy atom. The van der Waals surface area contributed by atoms with Crippen LogP contribution in [0.2, 0.25) is 0 Å². The lowest BCUT2D eigenvalue weighted by Crippen LogP contribution is -2.42. The highest BCUT2D eigenvalue weighted by Crippen LogP contribution is 2.33. The van der Waals surface area contributed by atoms with Gasteiger partial charge in [0.2, 0.25) is 5.82 Å². The zero-order valence-corrected chi connectivity index (χ0v) is 11.5. The lowest BCUT2D eigenvalue weighted by molar-refractivity contribution is -0.386. The third-order valence-electron chi connectivity index (χ3n) is 4.39. The lowest BCUT2D eigenvalue weighted by atomic mass is 9.97. The summed E-state index contributed by atoms with van der Waals surface area (Å²) in [4.78, 5) is 12.6. The van der Waals surface area contributed by atoms with Crippen LogP contribution in [0.3, 0.4) is 0 Å². The predicted molar refractivity (Wildman–Crippen MR) is 74.3 cm³/mol. The number of fused-ring (bicyclic) bond motifs is 1. The molecule has 7 heteroatoms. The van der Waals surface area contributed by atoms with E-state index in [0.717, 1.165) is 38.4 Å². The number of hydrogen-bond donors (Lipinski definition) is 1. The number of benzene rings is 1. The molecule has 1 aromatic carbocycles. The first-order valence-electron chi connectivity index (χ1n) is 7.18. The molecule has 2 saturated heterocycles. The Bertz CT molecular complexity index is 567. The summed E-state index contributed by atoms with van der Waals surface area (Å²) >= 11 is 0. The second-order valence-electron chi connectivity index (χ2n) is 5.74. The van der Waals surface area contributed by atoms with Crippen molar-refractivity contribution in [2.75, 3.05) is 18.4 Å². The minimum absolute atomic E-state index is 0.0178. The molecule has 0 aliphatic carbocycles. The maximum atomic E-state index is 13.6. The zero-order valence-electron chi connectivity index (χ0n) is 11.5. The Balaban J connectivity index is 1.79. The Labute approximate surface area is 121 Å². The van der Waals surface area contributed by atoms with Gasteiger partial charge in [0, 0.05) is 30.8 Å². The second kappa shape index (κ2) is 5.55. The van der Waals surface area contributed by atoms with Crippen LogP contribution in [0.25, 0.3) is 0 Å². The molecule has 1 N–H and O–H groups in total. The van der Waals surface area contributed by atoms with E-state index in [1.165, 1.54) is 6.42 Å². The van der Waals surface area contributed by atoms with Gasteiger partial charge in [-0.2, -0.15) is 4.39 Å². The van der Waals surface area contributed by atoms with E-state index in [4.69, 9.17) is 0 Å². The van der Waals surface area contributed by atoms with Crippen molar-refractivity contribution in [2.45, 2.75) is 37.8 Å². The number of piperidine rings is 1. The SMILES string of the molecule is O=[N+]([O-])c1c(F)cc(F)cc1NC1CCN2CCCC2C1. The summed E-state index contributed by atoms with van der Waals surface area (Å²) < 4.78 is 26.9. The summed E-state index contributed by atoms with van der Waals surface area (Å²) in [7, 11) is 0. The molecule has 2 atom stereocenters. The smallest absolute Gasteiger partial charge is 0.327 e. The fourth-order valence-electron chi connectivity index (χ4n) is 3.44. The van der Waals surface area contributed by atoms with Gasteiger partial charge in [-0.05, 0) is 32.2 Å². The van der Waals surface area contributed by atoms with E-state index in [-0.39, 0.29) is 11.7 Å². The minimum Gasteiger partial charge on any atom is -0.376 e. The maximum absolute atomic E-state index is 13.6. The molecular formula is C14H17F2N3O2. The van der Waals surface area contributed by atoms with Gasteiger partial charge in [-0.1, -0.05) is 0 Å². The average molecular weight is 297 g/mol. The van der Waals surface area contributed by atoms with E-state index in [0.29, 0.717) is 12.1 Å². The van der Waals surface area contributed by atoms with E-state index in [2.05, 4.69) is 10.2 Å². The van der Waals surface area contributed by atoms with Gasteiger partial charge in [-0.15, -0.1) is 0 Å². The van der Waals surface area contributed by atoms with Crippen LogP contribution in [0.5, 0.6) is 0 Å². The van der Waals surface area contributed by atoms with Gasteiger partial charge in [0.05, 0.1) is 4.92 Å². The van der Waals surface area contributed by atoms with Crippen molar-refractivity contribution in [3.05, 3.63) is 33.9 Å². The number of hydrogen-bond acceptors (Lipinski definition) is 4. The summed E-state index contributed by atoms with van der Waals surface area (Å²) in [5.74, 6) is -1.94. The monoisotopic (exact) mass is 297 g/mol. The molecule has 2 heterocycles. The minimum atomic E-state index is -1.14. The molecule has 0 aromatic heterocycles. The van der Waals surface area contributed by atoms with Crippen LogP contribution >= 0.6 is 0 Å². The quantitative estimate of drug-likeness (QED) is 0.688. The van der Waals surface area contributed by atoms with Crippen LogP contribution in [0.1, 0.15) is 25.7 Å². The highest BCUT2D eigenvalue weighted by atomic mass is 19.1. The van der Waals surface area contributed by atoms with E-state index in [1.54, 1.807) is 0 Å². The van der Waals surface area contributed by atoms with Gasteiger partial charge in [0.25, 0.3) is 0 Å². The van der Waals surface area contributed by atoms with Crippen LogP contribution in [0.15, 0.2) is 12.1 Å². The van der Waals surface area contributed by atoms with Crippen molar-refractivity contribution in [3.8, 4) is 0 Å². The highest BCUT2D eigenvalue weighted by molar-refractivity contribution is 5.62. The molecule has 3 rings (SSSR count). The molecule has 2 unspecified atom stereocenters. The zero-order chi connectivity index (χ0) is 15.0. The maximum Gasteiger partial charge on any atom is 0.327 e. The first-order chi connectivity index (χ1) is 10.0. The molecule has 114 valence electrons. The summed E-state index contributed by atoms with van der Waals surface area (Å²) in [6.07, 6.45) is 3.98. The van der Waals surface area contributed by atoms with Crippen molar-refractivity contribution < 1.29 is 13.7 Å². The Hall–Kier alpha value is -1.76. The Morgan fingerprint density at radius 3 is 2.86 bits per heavy atom. The summed E-state index contributed by atoms with van der Waals surface area (Å²) in [6.45, 7) is 2.03. The van der Waals surface area contributed by atoms with E-state index < -0.39 is 22.2 Å². The van der Waals surface area contributed by atoms with Crippen molar-refractivity contribution in [1.29, 1.82) is 0 Å². The average Bonchev–Trinajstić information content (AvgIpc) is 2.84. The van der Waals surface area contributed by atoms with Crippen LogP contribution < -0.4 is 5.32 Å². The molecule has 2 aliphatic rings. The number of nitrogens with zero attached hydrogens (tertiary/aromatic N) is 2. The molecular weight excluding hydrogens is 280 g/mol. The molecule has 0 spiro atoms. The van der Waals surface area contributed by atoms with Gasteiger partial charge in [-0.25, -0.2) is 4.39 Å². The second-order valence-corrected chi connectivity index (χ2v) is 5.74. The number of halogens is 2. The Morgan fingerprint density at radius 2 is 2.10 bits per heavy atom. The Kier molecular flexibility index (Phi) is 3.75. The highest BCUT2D eigenvalue weighted by Gasteiger charge is 2.33. The molecule has 5 nitrogen and oxygen atoms in total. The number of anilines is 1. The van der Waals surface area contributed by atoms with E-state index >= 15 is 0 Å². The fraction of sp³-hybridized carbons (Fsp3) is 0.571. The van der Waals surface area contributed by atoms with E-state index in [1.807, 2.05) is 0 Å². The molecule has 0 saturated carbocycles. The number of nitrogens with one attached hydrogen (secondary N) is 1. The van der Waals surface area contributed by atoms with E-state index in [9.17, 15) is 18.9 Å². The third kappa shape index (κ3) is 2.83. The number of nitro benzene ring substituents is 1. The molecule has 2 fully saturated rings. The first-order valence-corrected chi connectivity index (χ1v) is 7.18. The molecule has 2 aliphatic heterocycles. The van der Waals surface area contributed by atoms with Crippen LogP contribution in [0, 0.1) is 21.7 Å². The van der Waals surface area contributed by atoms with Gasteiger partial charge >= 0.3 is 5.69 Å². The van der Waals surface area contributed by atoms with Crippen molar-refractivity contribution in [3.63, 3.8) is 0 Å². The van der Waals surface area contributed by atoms with Gasteiger partial charge < -0.3 is 10.2 Å². The van der Waals surface area contributed by atoms with Crippen LogP contribution in [0.4, 0.5) is 20.2 Å². The molecule has 0 radical (unpaired) electrons. The predicted octanol–water partition coefficient (Wildman–Crippen LogP) is 2.91. The van der Waals surface area contributed by atoms with Crippen LogP contribution in [-0.2, 0) is 0 Å². The topological polar surface area (TPSA) is 58.4 Å². The fourth-order valence-corrected chi connectivity index (χ4v) is 3.44. The van der Waals surface area contributed by atoms with Crippen molar-refractivity contribution in [1.82, 2.24) is 4.90 Å². The normalized spacial score (nSPS) is 25.6.